The highest BCUT2D eigenvalue weighted by molar-refractivity contribution is 5.94. The third kappa shape index (κ3) is 3.51. The Labute approximate surface area is 121 Å². The van der Waals surface area contributed by atoms with E-state index in [0.29, 0.717) is 12.6 Å². The number of likely N-dealkylation sites (N-methyl/N-ethyl adjacent to an activating group) is 1. The van der Waals surface area contributed by atoms with Crippen LogP contribution in [0.3, 0.4) is 0 Å². The molecule has 1 amide bonds. The number of carbonyl (C=O) groups is 1. The molecule has 0 aromatic heterocycles. The van der Waals surface area contributed by atoms with Gasteiger partial charge in [0, 0.05) is 36.9 Å². The van der Waals surface area contributed by atoms with Gasteiger partial charge in [0.05, 0.1) is 0 Å². The molecule has 0 saturated heterocycles. The fraction of sp³-hybridized carbons (Fsp3) is 0.562. The van der Waals surface area contributed by atoms with Crippen molar-refractivity contribution >= 4 is 11.6 Å². The zero-order valence-electron chi connectivity index (χ0n) is 12.9. The van der Waals surface area contributed by atoms with Crippen LogP contribution >= 0.6 is 0 Å². The van der Waals surface area contributed by atoms with Crippen LogP contribution in [0.4, 0.5) is 5.69 Å². The first kappa shape index (κ1) is 14.9. The monoisotopic (exact) mass is 275 g/mol. The Kier molecular flexibility index (Phi) is 4.65. The van der Waals surface area contributed by atoms with Crippen molar-refractivity contribution < 1.29 is 4.79 Å². The Hall–Kier alpha value is -1.55. The molecule has 110 valence electrons. The summed E-state index contributed by atoms with van der Waals surface area (Å²) in [6, 6.07) is 6.84. The molecule has 0 aliphatic heterocycles. The number of nitrogens with one attached hydrogen (secondary N) is 2. The predicted octanol–water partition coefficient (Wildman–Crippen LogP) is 2.25. The third-order valence-electron chi connectivity index (χ3n) is 4.13. The normalized spacial score (nSPS) is 16.1. The Morgan fingerprint density at radius 1 is 1.45 bits per heavy atom. The second kappa shape index (κ2) is 6.27. The number of carbonyl (C=O) groups excluding carboxylic acids is 1. The highest BCUT2D eigenvalue weighted by Gasteiger charge is 2.29. The topological polar surface area (TPSA) is 44.4 Å². The lowest BCUT2D eigenvalue weighted by Gasteiger charge is -2.24. The number of anilines is 1. The van der Waals surface area contributed by atoms with Gasteiger partial charge < -0.3 is 10.6 Å². The molecule has 2 rings (SSSR count). The largest absolute Gasteiger partial charge is 0.388 e. The van der Waals surface area contributed by atoms with E-state index in [1.54, 1.807) is 0 Å². The van der Waals surface area contributed by atoms with Crippen molar-refractivity contribution in [1.82, 2.24) is 10.2 Å². The van der Waals surface area contributed by atoms with Crippen LogP contribution in [0.2, 0.25) is 0 Å². The molecule has 1 aliphatic carbocycles. The molecule has 1 unspecified atom stereocenters. The molecule has 4 nitrogen and oxygen atoms in total. The summed E-state index contributed by atoms with van der Waals surface area (Å²) < 4.78 is 0. The number of rotatable bonds is 6. The summed E-state index contributed by atoms with van der Waals surface area (Å²) in [5.41, 5.74) is 2.87. The van der Waals surface area contributed by atoms with E-state index in [4.69, 9.17) is 0 Å². The van der Waals surface area contributed by atoms with Gasteiger partial charge in [0.2, 0.25) is 0 Å². The van der Waals surface area contributed by atoms with Crippen molar-refractivity contribution in [2.24, 2.45) is 0 Å². The molecule has 1 atom stereocenters. The van der Waals surface area contributed by atoms with Gasteiger partial charge in [0.25, 0.3) is 5.91 Å². The lowest BCUT2D eigenvalue weighted by molar-refractivity contribution is 0.0939. The summed E-state index contributed by atoms with van der Waals surface area (Å²) in [6.45, 7) is 4.86. The van der Waals surface area contributed by atoms with E-state index in [-0.39, 0.29) is 5.91 Å². The summed E-state index contributed by atoms with van der Waals surface area (Å²) in [6.07, 6.45) is 2.58. The molecule has 1 saturated carbocycles. The maximum Gasteiger partial charge on any atom is 0.251 e. The highest BCUT2D eigenvalue weighted by atomic mass is 16.1. The van der Waals surface area contributed by atoms with Crippen molar-refractivity contribution in [3.8, 4) is 0 Å². The van der Waals surface area contributed by atoms with E-state index in [9.17, 15) is 4.79 Å². The van der Waals surface area contributed by atoms with Gasteiger partial charge in [-0.05, 0) is 57.5 Å². The number of hydrogen-bond acceptors (Lipinski definition) is 3. The Bertz CT molecular complexity index is 483. The van der Waals surface area contributed by atoms with Crippen LogP contribution in [-0.4, -0.2) is 43.5 Å². The molecular weight excluding hydrogens is 250 g/mol. The molecule has 0 radical (unpaired) electrons. The average Bonchev–Trinajstić information content (AvgIpc) is 3.27. The number of hydrogen-bond donors (Lipinski definition) is 2. The van der Waals surface area contributed by atoms with Crippen LogP contribution in [0.5, 0.6) is 0 Å². The quantitative estimate of drug-likeness (QED) is 0.837. The van der Waals surface area contributed by atoms with Gasteiger partial charge in [-0.25, -0.2) is 0 Å². The van der Waals surface area contributed by atoms with Crippen LogP contribution in [0.25, 0.3) is 0 Å². The SMILES string of the molecule is CNc1ccc(C(=O)NCC(C)N(C)C2CC2)cc1C. The number of aryl methyl sites for hydroxylation is 1. The molecule has 2 N–H and O–H groups in total. The molecule has 0 spiro atoms. The maximum absolute atomic E-state index is 12.2. The smallest absolute Gasteiger partial charge is 0.251 e. The molecular formula is C16H25N3O. The average molecular weight is 275 g/mol. The summed E-state index contributed by atoms with van der Waals surface area (Å²) in [7, 11) is 4.03. The Balaban J connectivity index is 1.89. The molecule has 4 heteroatoms. The molecule has 1 aliphatic rings. The number of amides is 1. The lowest BCUT2D eigenvalue weighted by atomic mass is 10.1. The molecule has 1 fully saturated rings. The van der Waals surface area contributed by atoms with E-state index < -0.39 is 0 Å². The lowest BCUT2D eigenvalue weighted by Crippen LogP contribution is -2.41. The molecule has 0 bridgehead atoms. The van der Waals surface area contributed by atoms with Crippen LogP contribution < -0.4 is 10.6 Å². The summed E-state index contributed by atoms with van der Waals surface area (Å²) in [4.78, 5) is 14.5. The second-order valence-corrected chi connectivity index (χ2v) is 5.74. The summed E-state index contributed by atoms with van der Waals surface area (Å²) in [5.74, 6) is 0.00630. The first-order valence-electron chi connectivity index (χ1n) is 7.31. The molecule has 1 aromatic carbocycles. The summed E-state index contributed by atoms with van der Waals surface area (Å²) >= 11 is 0. The van der Waals surface area contributed by atoms with Gasteiger partial charge in [-0.1, -0.05) is 0 Å². The third-order valence-corrected chi connectivity index (χ3v) is 4.13. The summed E-state index contributed by atoms with van der Waals surface area (Å²) in [5, 5.41) is 6.13. The van der Waals surface area contributed by atoms with Crippen molar-refractivity contribution in [3.05, 3.63) is 29.3 Å². The van der Waals surface area contributed by atoms with E-state index in [1.165, 1.54) is 12.8 Å². The van der Waals surface area contributed by atoms with E-state index in [1.807, 2.05) is 32.2 Å². The van der Waals surface area contributed by atoms with E-state index in [2.05, 4.69) is 29.5 Å². The van der Waals surface area contributed by atoms with Crippen LogP contribution in [0, 0.1) is 6.92 Å². The minimum atomic E-state index is 0.00630. The Morgan fingerprint density at radius 3 is 2.70 bits per heavy atom. The standard InChI is InChI=1S/C16H25N3O/c1-11-9-13(5-8-15(11)17-3)16(20)18-10-12(2)19(4)14-6-7-14/h5,8-9,12,14,17H,6-7,10H2,1-4H3,(H,18,20). The van der Waals surface area contributed by atoms with Crippen molar-refractivity contribution in [1.29, 1.82) is 0 Å². The van der Waals surface area contributed by atoms with Gasteiger partial charge in [0.15, 0.2) is 0 Å². The second-order valence-electron chi connectivity index (χ2n) is 5.74. The number of benzene rings is 1. The van der Waals surface area contributed by atoms with Gasteiger partial charge in [0.1, 0.15) is 0 Å². The van der Waals surface area contributed by atoms with Gasteiger partial charge >= 0.3 is 0 Å². The van der Waals surface area contributed by atoms with Crippen molar-refractivity contribution in [3.63, 3.8) is 0 Å². The Morgan fingerprint density at radius 2 is 2.15 bits per heavy atom. The van der Waals surface area contributed by atoms with Gasteiger partial charge in [-0.2, -0.15) is 0 Å². The maximum atomic E-state index is 12.2. The number of nitrogens with zero attached hydrogens (tertiary/aromatic N) is 1. The van der Waals surface area contributed by atoms with Crippen molar-refractivity contribution in [2.75, 3.05) is 26.0 Å². The first-order valence-corrected chi connectivity index (χ1v) is 7.31. The first-order chi connectivity index (χ1) is 9.52. The fourth-order valence-corrected chi connectivity index (χ4v) is 2.41. The van der Waals surface area contributed by atoms with Crippen LogP contribution in [0.15, 0.2) is 18.2 Å². The van der Waals surface area contributed by atoms with Gasteiger partial charge in [-0.3, -0.25) is 9.69 Å². The van der Waals surface area contributed by atoms with E-state index in [0.717, 1.165) is 22.9 Å². The zero-order chi connectivity index (χ0) is 14.7. The van der Waals surface area contributed by atoms with Crippen molar-refractivity contribution in [2.45, 2.75) is 38.8 Å². The molecule has 1 aromatic rings. The van der Waals surface area contributed by atoms with Gasteiger partial charge in [-0.15, -0.1) is 0 Å². The minimum absolute atomic E-state index is 0.00630. The van der Waals surface area contributed by atoms with Crippen LogP contribution in [0.1, 0.15) is 35.7 Å². The van der Waals surface area contributed by atoms with E-state index >= 15 is 0 Å². The minimum Gasteiger partial charge on any atom is -0.388 e. The van der Waals surface area contributed by atoms with Crippen LogP contribution in [-0.2, 0) is 0 Å². The molecule has 0 heterocycles. The zero-order valence-corrected chi connectivity index (χ0v) is 12.9. The fourth-order valence-electron chi connectivity index (χ4n) is 2.41. The predicted molar refractivity (Wildman–Crippen MR) is 83.3 cm³/mol. The highest BCUT2D eigenvalue weighted by Crippen LogP contribution is 2.26. The molecule has 20 heavy (non-hydrogen) atoms.